The number of pyridine rings is 1. The van der Waals surface area contributed by atoms with Gasteiger partial charge in [-0.3, -0.25) is 9.59 Å². The zero-order valence-electron chi connectivity index (χ0n) is 22.0. The number of rotatable bonds is 5. The minimum absolute atomic E-state index is 0.0580. The minimum Gasteiger partial charge on any atom is -0.475 e. The highest BCUT2D eigenvalue weighted by Gasteiger charge is 2.41. The summed E-state index contributed by atoms with van der Waals surface area (Å²) >= 11 is 0. The van der Waals surface area contributed by atoms with E-state index in [-0.39, 0.29) is 33.5 Å². The number of amides is 1. The largest absolute Gasteiger partial charge is 0.475 e. The summed E-state index contributed by atoms with van der Waals surface area (Å²) in [5.74, 6) is -0.446. The van der Waals surface area contributed by atoms with E-state index in [4.69, 9.17) is 4.74 Å². The fourth-order valence-corrected chi connectivity index (χ4v) is 6.91. The second-order valence-corrected chi connectivity index (χ2v) is 14.0. The first kappa shape index (κ1) is 26.7. The average molecular weight is 570 g/mol. The van der Waals surface area contributed by atoms with Crippen molar-refractivity contribution in [2.75, 3.05) is 18.2 Å². The first-order valence-corrected chi connectivity index (χ1v) is 15.5. The number of carbonyl (C=O) groups excluding carboxylic acids is 1. The van der Waals surface area contributed by atoms with Crippen LogP contribution >= 0.6 is 0 Å². The van der Waals surface area contributed by atoms with Crippen LogP contribution in [0.2, 0.25) is 0 Å². The predicted molar refractivity (Wildman–Crippen MR) is 148 cm³/mol. The first-order chi connectivity index (χ1) is 18.1. The number of likely N-dealkylation sites (N-methyl/N-ethyl adjacent to an activating group) is 1. The first-order valence-electron chi connectivity index (χ1n) is 12.0. The summed E-state index contributed by atoms with van der Waals surface area (Å²) in [6, 6.07) is 12.9. The van der Waals surface area contributed by atoms with Gasteiger partial charge in [0, 0.05) is 49.3 Å². The molecule has 10 nitrogen and oxygen atoms in total. The molecule has 1 amide bonds. The Morgan fingerprint density at radius 3 is 2.23 bits per heavy atom. The molecule has 39 heavy (non-hydrogen) atoms. The molecule has 0 N–H and O–H groups in total. The Bertz CT molecular complexity index is 1940. The Balaban J connectivity index is 1.82. The fraction of sp³-hybridized carbons (Fsp3) is 0.259. The van der Waals surface area contributed by atoms with Crippen molar-refractivity contribution >= 4 is 42.4 Å². The maximum Gasteiger partial charge on any atom is 0.275 e. The van der Waals surface area contributed by atoms with Crippen molar-refractivity contribution in [3.8, 4) is 16.9 Å². The normalized spacial score (nSPS) is 15.3. The second-order valence-electron chi connectivity index (χ2n) is 10.1. The Hall–Kier alpha value is -3.90. The number of hydrogen-bond acceptors (Lipinski definition) is 7. The molecular weight excluding hydrogens is 542 g/mol. The van der Waals surface area contributed by atoms with Crippen molar-refractivity contribution in [1.82, 2.24) is 8.54 Å². The van der Waals surface area contributed by atoms with Crippen molar-refractivity contribution in [2.45, 2.75) is 30.1 Å². The number of aryl methyl sites for hydroxylation is 1. The molecule has 204 valence electrons. The molecule has 0 radical (unpaired) electrons. The number of ether oxygens (including phenoxy) is 1. The molecule has 0 fully saturated rings. The molecular formula is C27H27N3O7S2. The van der Waals surface area contributed by atoms with Gasteiger partial charge in [0.2, 0.25) is 10.0 Å². The van der Waals surface area contributed by atoms with Crippen LogP contribution in [0, 0.1) is 0 Å². The molecule has 0 bridgehead atoms. The third kappa shape index (κ3) is 4.43. The lowest BCUT2D eigenvalue weighted by atomic mass is 9.98. The average Bonchev–Trinajstić information content (AvgIpc) is 3.31. The van der Waals surface area contributed by atoms with Crippen LogP contribution in [0.15, 0.2) is 70.6 Å². The Morgan fingerprint density at radius 1 is 0.923 bits per heavy atom. The van der Waals surface area contributed by atoms with E-state index in [2.05, 4.69) is 0 Å². The van der Waals surface area contributed by atoms with Gasteiger partial charge in [0.25, 0.3) is 11.5 Å². The zero-order chi connectivity index (χ0) is 28.5. The van der Waals surface area contributed by atoms with Crippen molar-refractivity contribution in [2.24, 2.45) is 7.05 Å². The molecule has 12 heteroatoms. The minimum atomic E-state index is -3.99. The number of hydrogen-bond donors (Lipinski definition) is 0. The van der Waals surface area contributed by atoms with Crippen molar-refractivity contribution in [1.29, 1.82) is 0 Å². The molecule has 0 atom stereocenters. The van der Waals surface area contributed by atoms with Gasteiger partial charge in [-0.05, 0) is 37.6 Å². The molecule has 0 spiro atoms. The summed E-state index contributed by atoms with van der Waals surface area (Å²) in [5, 5.41) is 0.295. The summed E-state index contributed by atoms with van der Waals surface area (Å²) in [7, 11) is -4.70. The van der Waals surface area contributed by atoms with Crippen molar-refractivity contribution < 1.29 is 26.4 Å². The van der Waals surface area contributed by atoms with E-state index >= 15 is 0 Å². The zero-order valence-corrected chi connectivity index (χ0v) is 23.6. The molecule has 1 aliphatic rings. The lowest BCUT2D eigenvalue weighted by molar-refractivity contribution is -0.132. The highest BCUT2D eigenvalue weighted by molar-refractivity contribution is 7.90. The Morgan fingerprint density at radius 2 is 1.59 bits per heavy atom. The van der Waals surface area contributed by atoms with Gasteiger partial charge >= 0.3 is 0 Å². The van der Waals surface area contributed by atoms with Gasteiger partial charge < -0.3 is 14.2 Å². The molecule has 0 aliphatic carbocycles. The molecule has 0 saturated carbocycles. The number of carbonyl (C=O) groups is 1. The highest BCUT2D eigenvalue weighted by atomic mass is 32.2. The molecule has 4 aromatic rings. The third-order valence-corrected chi connectivity index (χ3v) is 9.47. The van der Waals surface area contributed by atoms with E-state index < -0.39 is 31.0 Å². The standard InChI is InChI=1S/C27H27N3O7S2/c1-27(2)26(32)29(4)22-14-18(38(5,33)34)13-20(24(22)37-27)21-15-28(3)25(31)23-19(21)11-12-30(23)39(35,36)16-17-9-7-6-8-10-17/h6-15H,16H2,1-5H3. The van der Waals surface area contributed by atoms with Crippen molar-refractivity contribution in [3.63, 3.8) is 0 Å². The number of aromatic nitrogens is 2. The number of fused-ring (bicyclic) bond motifs is 2. The Labute approximate surface area is 226 Å². The van der Waals surface area contributed by atoms with E-state index in [1.54, 1.807) is 44.2 Å². The summed E-state index contributed by atoms with van der Waals surface area (Å²) < 4.78 is 60.5. The summed E-state index contributed by atoms with van der Waals surface area (Å²) in [4.78, 5) is 27.5. The predicted octanol–water partition coefficient (Wildman–Crippen LogP) is 2.92. The number of sulfone groups is 1. The molecule has 2 aromatic heterocycles. The van der Waals surface area contributed by atoms with Crippen LogP contribution in [0.1, 0.15) is 19.4 Å². The van der Waals surface area contributed by atoms with Gasteiger partial charge in [-0.1, -0.05) is 30.3 Å². The lowest BCUT2D eigenvalue weighted by Gasteiger charge is -2.38. The summed E-state index contributed by atoms with van der Waals surface area (Å²) in [6.07, 6.45) is 3.88. The van der Waals surface area contributed by atoms with Crippen LogP contribution in [0.25, 0.3) is 22.0 Å². The van der Waals surface area contributed by atoms with Crippen LogP contribution < -0.4 is 15.2 Å². The number of anilines is 1. The van der Waals surface area contributed by atoms with E-state index in [0.717, 1.165) is 10.2 Å². The highest BCUT2D eigenvalue weighted by Crippen LogP contribution is 2.47. The van der Waals surface area contributed by atoms with E-state index in [0.29, 0.717) is 22.1 Å². The quantitative estimate of drug-likeness (QED) is 0.362. The molecule has 2 aromatic carbocycles. The SMILES string of the molecule is CN1C(=O)C(C)(C)Oc2c(-c3cn(C)c(=O)c4c3ccn4S(=O)(=O)Cc3ccccc3)cc(S(C)(=O)=O)cc21. The third-order valence-electron chi connectivity index (χ3n) is 6.78. The van der Waals surface area contributed by atoms with Crippen LogP contribution in [-0.4, -0.2) is 50.2 Å². The molecule has 0 saturated heterocycles. The van der Waals surface area contributed by atoms with Gasteiger partial charge in [-0.25, -0.2) is 20.8 Å². The molecule has 1 aliphatic heterocycles. The fourth-order valence-electron chi connectivity index (χ4n) is 4.80. The molecule has 0 unspecified atom stereocenters. The maximum absolute atomic E-state index is 13.4. The lowest BCUT2D eigenvalue weighted by Crippen LogP contribution is -2.51. The van der Waals surface area contributed by atoms with E-state index in [1.165, 1.54) is 54.2 Å². The Kier molecular flexibility index (Phi) is 6.03. The molecule has 3 heterocycles. The monoisotopic (exact) mass is 569 g/mol. The maximum atomic E-state index is 13.4. The number of benzene rings is 2. The number of nitrogens with zero attached hydrogens (tertiary/aromatic N) is 3. The topological polar surface area (TPSA) is 125 Å². The van der Waals surface area contributed by atoms with Gasteiger partial charge in [-0.15, -0.1) is 0 Å². The van der Waals surface area contributed by atoms with Gasteiger partial charge in [0.1, 0.15) is 5.52 Å². The van der Waals surface area contributed by atoms with E-state index in [9.17, 15) is 26.4 Å². The van der Waals surface area contributed by atoms with Crippen LogP contribution in [0.3, 0.4) is 0 Å². The van der Waals surface area contributed by atoms with Crippen LogP contribution in [0.5, 0.6) is 5.75 Å². The van der Waals surface area contributed by atoms with Crippen LogP contribution in [0.4, 0.5) is 5.69 Å². The van der Waals surface area contributed by atoms with Gasteiger partial charge in [0.05, 0.1) is 16.3 Å². The van der Waals surface area contributed by atoms with Gasteiger partial charge in [-0.2, -0.15) is 0 Å². The second kappa shape index (κ2) is 8.82. The van der Waals surface area contributed by atoms with Crippen LogP contribution in [-0.2, 0) is 37.5 Å². The van der Waals surface area contributed by atoms with E-state index in [1.807, 2.05) is 0 Å². The van der Waals surface area contributed by atoms with Crippen molar-refractivity contribution in [3.05, 3.63) is 76.8 Å². The summed E-state index contributed by atoms with van der Waals surface area (Å²) in [6.45, 7) is 3.21. The summed E-state index contributed by atoms with van der Waals surface area (Å²) in [5.41, 5.74) is -0.393. The van der Waals surface area contributed by atoms with Gasteiger partial charge in [0.15, 0.2) is 21.2 Å². The smallest absolute Gasteiger partial charge is 0.275 e. The molecule has 5 rings (SSSR count).